The fourth-order valence-corrected chi connectivity index (χ4v) is 2.19. The van der Waals surface area contributed by atoms with E-state index in [-0.39, 0.29) is 5.84 Å². The van der Waals surface area contributed by atoms with Crippen LogP contribution >= 0.6 is 0 Å². The Hall–Kier alpha value is -1.62. The summed E-state index contributed by atoms with van der Waals surface area (Å²) < 4.78 is 5.36. The lowest BCUT2D eigenvalue weighted by atomic mass is 10.00. The average molecular weight is 248 g/mol. The Bertz CT molecular complexity index is 398. The van der Waals surface area contributed by atoms with Gasteiger partial charge in [-0.3, -0.25) is 10.4 Å². The maximum atomic E-state index is 7.31. The molecule has 5 nitrogen and oxygen atoms in total. The Balaban J connectivity index is 1.95. The van der Waals surface area contributed by atoms with Gasteiger partial charge in [-0.2, -0.15) is 0 Å². The van der Waals surface area contributed by atoms with Crippen molar-refractivity contribution in [2.75, 3.05) is 31.7 Å². The van der Waals surface area contributed by atoms with Crippen LogP contribution in [0.3, 0.4) is 0 Å². The van der Waals surface area contributed by atoms with Gasteiger partial charge in [0.1, 0.15) is 11.5 Å². The van der Waals surface area contributed by atoms with Crippen molar-refractivity contribution < 1.29 is 4.74 Å². The number of nitrogens with two attached hydrogens (primary N) is 1. The molecule has 0 spiro atoms. The van der Waals surface area contributed by atoms with Gasteiger partial charge in [0.05, 0.1) is 11.9 Å². The lowest BCUT2D eigenvalue weighted by Crippen LogP contribution is -2.29. The Labute approximate surface area is 107 Å². The first-order chi connectivity index (χ1) is 8.66. The van der Waals surface area contributed by atoms with E-state index in [9.17, 15) is 0 Å². The van der Waals surface area contributed by atoms with Gasteiger partial charge in [-0.25, -0.2) is 0 Å². The number of nitrogen functional groups attached to an aromatic ring is 1. The van der Waals surface area contributed by atoms with Crippen molar-refractivity contribution in [3.05, 3.63) is 24.0 Å². The van der Waals surface area contributed by atoms with E-state index in [4.69, 9.17) is 15.9 Å². The summed E-state index contributed by atoms with van der Waals surface area (Å²) in [6.45, 7) is 2.77. The molecule has 0 aliphatic carbocycles. The van der Waals surface area contributed by atoms with E-state index in [1.165, 1.54) is 0 Å². The SMILES string of the molecule is CN(CC1CCOCC1)c1ccc(C(=N)N)nc1. The summed E-state index contributed by atoms with van der Waals surface area (Å²) in [7, 11) is 2.07. The van der Waals surface area contributed by atoms with Gasteiger partial charge in [-0.05, 0) is 30.9 Å². The second kappa shape index (κ2) is 5.82. The highest BCUT2D eigenvalue weighted by atomic mass is 16.5. The average Bonchev–Trinajstić information content (AvgIpc) is 2.40. The van der Waals surface area contributed by atoms with Gasteiger partial charge in [0, 0.05) is 26.8 Å². The molecule has 0 radical (unpaired) electrons. The lowest BCUT2D eigenvalue weighted by molar-refractivity contribution is 0.0685. The number of hydrogen-bond acceptors (Lipinski definition) is 4. The van der Waals surface area contributed by atoms with E-state index in [0.29, 0.717) is 11.6 Å². The molecule has 5 heteroatoms. The van der Waals surface area contributed by atoms with Crippen molar-refractivity contribution in [1.82, 2.24) is 4.98 Å². The topological polar surface area (TPSA) is 75.2 Å². The van der Waals surface area contributed by atoms with Crippen molar-refractivity contribution >= 4 is 11.5 Å². The van der Waals surface area contributed by atoms with Gasteiger partial charge in [-0.1, -0.05) is 0 Å². The number of aromatic nitrogens is 1. The molecule has 0 aromatic carbocycles. The second-order valence-electron chi connectivity index (χ2n) is 4.75. The van der Waals surface area contributed by atoms with E-state index in [1.54, 1.807) is 12.3 Å². The molecule has 2 heterocycles. The molecule has 1 aromatic rings. The number of rotatable bonds is 4. The van der Waals surface area contributed by atoms with Crippen LogP contribution in [0, 0.1) is 11.3 Å². The van der Waals surface area contributed by atoms with Crippen molar-refractivity contribution in [3.63, 3.8) is 0 Å². The second-order valence-corrected chi connectivity index (χ2v) is 4.75. The van der Waals surface area contributed by atoms with Crippen molar-refractivity contribution in [2.24, 2.45) is 11.7 Å². The van der Waals surface area contributed by atoms with Crippen molar-refractivity contribution in [2.45, 2.75) is 12.8 Å². The first-order valence-electron chi connectivity index (χ1n) is 6.26. The van der Waals surface area contributed by atoms with E-state index in [1.807, 2.05) is 6.07 Å². The zero-order valence-electron chi connectivity index (χ0n) is 10.7. The Kier molecular flexibility index (Phi) is 4.15. The fourth-order valence-electron chi connectivity index (χ4n) is 2.19. The van der Waals surface area contributed by atoms with E-state index >= 15 is 0 Å². The summed E-state index contributed by atoms with van der Waals surface area (Å²) in [4.78, 5) is 6.38. The van der Waals surface area contributed by atoms with E-state index in [0.717, 1.165) is 38.3 Å². The quantitative estimate of drug-likeness (QED) is 0.620. The van der Waals surface area contributed by atoms with Crippen LogP contribution in [0.2, 0.25) is 0 Å². The van der Waals surface area contributed by atoms with E-state index in [2.05, 4.69) is 16.9 Å². The smallest absolute Gasteiger partial charge is 0.141 e. The molecule has 2 rings (SSSR count). The summed E-state index contributed by atoms with van der Waals surface area (Å²) in [6.07, 6.45) is 4.03. The minimum Gasteiger partial charge on any atom is -0.382 e. The van der Waals surface area contributed by atoms with Gasteiger partial charge < -0.3 is 15.4 Å². The molecule has 1 saturated heterocycles. The molecule has 0 bridgehead atoms. The number of nitrogens with one attached hydrogen (secondary N) is 1. The molecule has 1 fully saturated rings. The summed E-state index contributed by atoms with van der Waals surface area (Å²) in [6, 6.07) is 3.75. The largest absolute Gasteiger partial charge is 0.382 e. The van der Waals surface area contributed by atoms with Crippen LogP contribution in [0.1, 0.15) is 18.5 Å². The normalized spacial score (nSPS) is 16.5. The lowest BCUT2D eigenvalue weighted by Gasteiger charge is -2.28. The summed E-state index contributed by atoms with van der Waals surface area (Å²) >= 11 is 0. The van der Waals surface area contributed by atoms with Gasteiger partial charge >= 0.3 is 0 Å². The molecule has 1 aromatic heterocycles. The number of anilines is 1. The molecule has 0 saturated carbocycles. The van der Waals surface area contributed by atoms with Crippen LogP contribution in [-0.2, 0) is 4.74 Å². The third-order valence-electron chi connectivity index (χ3n) is 3.34. The maximum absolute atomic E-state index is 7.31. The Morgan fingerprint density at radius 3 is 2.78 bits per heavy atom. The molecule has 98 valence electrons. The highest BCUT2D eigenvalue weighted by Crippen LogP contribution is 2.19. The highest BCUT2D eigenvalue weighted by Gasteiger charge is 2.16. The number of pyridine rings is 1. The Morgan fingerprint density at radius 2 is 2.22 bits per heavy atom. The predicted octanol–water partition coefficient (Wildman–Crippen LogP) is 1.23. The molecule has 3 N–H and O–H groups in total. The molecule has 1 aliphatic rings. The monoisotopic (exact) mass is 248 g/mol. The first-order valence-corrected chi connectivity index (χ1v) is 6.26. The zero-order valence-corrected chi connectivity index (χ0v) is 10.7. The summed E-state index contributed by atoms with van der Waals surface area (Å²) in [5.74, 6) is 0.699. The highest BCUT2D eigenvalue weighted by molar-refractivity contribution is 5.93. The minimum atomic E-state index is 0.00799. The van der Waals surface area contributed by atoms with Crippen LogP contribution < -0.4 is 10.6 Å². The van der Waals surface area contributed by atoms with Crippen LogP contribution in [0.4, 0.5) is 5.69 Å². The number of nitrogens with zero attached hydrogens (tertiary/aromatic N) is 2. The number of amidine groups is 1. The van der Waals surface area contributed by atoms with Crippen LogP contribution in [0.25, 0.3) is 0 Å². The van der Waals surface area contributed by atoms with Crippen LogP contribution in [0.5, 0.6) is 0 Å². The van der Waals surface area contributed by atoms with Crippen LogP contribution in [0.15, 0.2) is 18.3 Å². The number of hydrogen-bond donors (Lipinski definition) is 2. The third-order valence-corrected chi connectivity index (χ3v) is 3.34. The zero-order chi connectivity index (χ0) is 13.0. The minimum absolute atomic E-state index is 0.00799. The molecular formula is C13H20N4O. The molecular weight excluding hydrogens is 228 g/mol. The standard InChI is InChI=1S/C13H20N4O/c1-17(9-10-4-6-18-7-5-10)11-2-3-12(13(14)15)16-8-11/h2-3,8,10H,4-7,9H2,1H3,(H3,14,15). The molecule has 0 atom stereocenters. The van der Waals surface area contributed by atoms with Gasteiger partial charge in [-0.15, -0.1) is 0 Å². The van der Waals surface area contributed by atoms with Crippen LogP contribution in [-0.4, -0.2) is 37.6 Å². The first kappa shape index (κ1) is 12.8. The van der Waals surface area contributed by atoms with Gasteiger partial charge in [0.25, 0.3) is 0 Å². The third kappa shape index (κ3) is 3.20. The fraction of sp³-hybridized carbons (Fsp3) is 0.538. The predicted molar refractivity (Wildman–Crippen MR) is 72.1 cm³/mol. The molecule has 1 aliphatic heterocycles. The molecule has 18 heavy (non-hydrogen) atoms. The molecule has 0 unspecified atom stereocenters. The van der Waals surface area contributed by atoms with Gasteiger partial charge in [0.2, 0.25) is 0 Å². The summed E-state index contributed by atoms with van der Waals surface area (Å²) in [5.41, 5.74) is 6.97. The Morgan fingerprint density at radius 1 is 1.50 bits per heavy atom. The number of ether oxygens (including phenoxy) is 1. The van der Waals surface area contributed by atoms with Crippen molar-refractivity contribution in [1.29, 1.82) is 5.41 Å². The molecule has 0 amide bonds. The van der Waals surface area contributed by atoms with E-state index < -0.39 is 0 Å². The van der Waals surface area contributed by atoms with Gasteiger partial charge in [0.15, 0.2) is 0 Å². The summed E-state index contributed by atoms with van der Waals surface area (Å²) in [5, 5.41) is 7.31. The maximum Gasteiger partial charge on any atom is 0.141 e. The van der Waals surface area contributed by atoms with Crippen molar-refractivity contribution in [3.8, 4) is 0 Å².